The first-order valence-corrected chi connectivity index (χ1v) is 10.1. The van der Waals surface area contributed by atoms with E-state index >= 15 is 0 Å². The van der Waals surface area contributed by atoms with E-state index < -0.39 is 6.03 Å². The molecule has 10 heteroatoms. The summed E-state index contributed by atoms with van der Waals surface area (Å²) < 4.78 is 3.59. The zero-order chi connectivity index (χ0) is 21.9. The number of nitrogens with one attached hydrogen (secondary N) is 2. The summed E-state index contributed by atoms with van der Waals surface area (Å²) in [4.78, 5) is 25.9. The molecule has 5 aromatic rings. The van der Waals surface area contributed by atoms with Crippen molar-refractivity contribution in [2.24, 2.45) is 0 Å². The molecule has 3 aromatic heterocycles. The molecule has 0 saturated heterocycles. The number of urea groups is 1. The molecule has 2 amide bonds. The van der Waals surface area contributed by atoms with E-state index in [-0.39, 0.29) is 0 Å². The van der Waals surface area contributed by atoms with E-state index in [0.717, 1.165) is 5.56 Å². The number of aromatic nitrogens is 6. The van der Waals surface area contributed by atoms with Gasteiger partial charge in [-0.1, -0.05) is 41.9 Å². The highest BCUT2D eigenvalue weighted by atomic mass is 35.5. The van der Waals surface area contributed by atoms with Crippen LogP contribution in [-0.4, -0.2) is 35.3 Å². The van der Waals surface area contributed by atoms with Gasteiger partial charge in [-0.15, -0.1) is 0 Å². The lowest BCUT2D eigenvalue weighted by atomic mass is 10.2. The Morgan fingerprint density at radius 1 is 0.969 bits per heavy atom. The predicted molar refractivity (Wildman–Crippen MR) is 122 cm³/mol. The van der Waals surface area contributed by atoms with Crippen molar-refractivity contribution in [1.29, 1.82) is 0 Å². The quantitative estimate of drug-likeness (QED) is 0.419. The number of hydrogen-bond donors (Lipinski definition) is 2. The fraction of sp³-hybridized carbons (Fsp3) is 0.0455. The lowest BCUT2D eigenvalue weighted by Crippen LogP contribution is -2.20. The zero-order valence-electron chi connectivity index (χ0n) is 16.7. The molecular weight excluding hydrogens is 428 g/mol. The Bertz CT molecular complexity index is 1360. The normalized spacial score (nSPS) is 10.9. The number of hydrogen-bond acceptors (Lipinski definition) is 5. The number of fused-ring (bicyclic) bond motifs is 1. The summed E-state index contributed by atoms with van der Waals surface area (Å²) in [5, 5.41) is 10.4. The standard InChI is InChI=1S/C22H17ClN8O/c23-16-7-9-17(10-8-16)27-21(32)29-19-18-20(25-14-24-19)30(13-15-5-2-1-3-6-15)22(28-18)31-12-4-11-26-31/h1-12,14H,13H2,(H2,24,25,27,29,32). The van der Waals surface area contributed by atoms with Crippen LogP contribution in [-0.2, 0) is 6.54 Å². The molecule has 32 heavy (non-hydrogen) atoms. The minimum atomic E-state index is -0.453. The lowest BCUT2D eigenvalue weighted by molar-refractivity contribution is 0.262. The van der Waals surface area contributed by atoms with Crippen molar-refractivity contribution in [2.45, 2.75) is 6.54 Å². The monoisotopic (exact) mass is 444 g/mol. The summed E-state index contributed by atoms with van der Waals surface area (Å²) in [5.74, 6) is 0.859. The van der Waals surface area contributed by atoms with Crippen molar-refractivity contribution in [3.05, 3.63) is 90.0 Å². The van der Waals surface area contributed by atoms with Crippen molar-refractivity contribution >= 4 is 40.3 Å². The Labute approximate surface area is 187 Å². The summed E-state index contributed by atoms with van der Waals surface area (Å²) in [6, 6.07) is 18.1. The highest BCUT2D eigenvalue weighted by Gasteiger charge is 2.19. The molecule has 3 heterocycles. The molecule has 9 nitrogen and oxygen atoms in total. The summed E-state index contributed by atoms with van der Waals surface area (Å²) in [6.07, 6.45) is 4.88. The maximum Gasteiger partial charge on any atom is 0.324 e. The van der Waals surface area contributed by atoms with Gasteiger partial charge in [-0.05, 0) is 35.9 Å². The molecule has 0 atom stereocenters. The van der Waals surface area contributed by atoms with Gasteiger partial charge in [-0.2, -0.15) is 5.10 Å². The van der Waals surface area contributed by atoms with Crippen LogP contribution in [0.2, 0.25) is 5.02 Å². The van der Waals surface area contributed by atoms with E-state index in [1.54, 1.807) is 41.3 Å². The van der Waals surface area contributed by atoms with Crippen molar-refractivity contribution in [3.63, 3.8) is 0 Å². The van der Waals surface area contributed by atoms with Gasteiger partial charge in [0.1, 0.15) is 6.33 Å². The van der Waals surface area contributed by atoms with Crippen molar-refractivity contribution < 1.29 is 4.79 Å². The number of anilines is 2. The number of amides is 2. The number of rotatable bonds is 5. The lowest BCUT2D eigenvalue weighted by Gasteiger charge is -2.09. The van der Waals surface area contributed by atoms with Crippen molar-refractivity contribution in [1.82, 2.24) is 29.3 Å². The van der Waals surface area contributed by atoms with Crippen LogP contribution in [0, 0.1) is 0 Å². The molecule has 0 bridgehead atoms. The molecule has 0 unspecified atom stereocenters. The van der Waals surface area contributed by atoms with Gasteiger partial charge in [-0.25, -0.2) is 24.4 Å². The van der Waals surface area contributed by atoms with Crippen molar-refractivity contribution in [2.75, 3.05) is 10.6 Å². The van der Waals surface area contributed by atoms with Crippen LogP contribution in [0.1, 0.15) is 5.56 Å². The van der Waals surface area contributed by atoms with Gasteiger partial charge in [0.25, 0.3) is 0 Å². The van der Waals surface area contributed by atoms with Gasteiger partial charge in [0, 0.05) is 23.1 Å². The molecular formula is C22H17ClN8O. The highest BCUT2D eigenvalue weighted by molar-refractivity contribution is 6.30. The molecule has 5 rings (SSSR count). The molecule has 0 radical (unpaired) electrons. The van der Waals surface area contributed by atoms with Crippen LogP contribution in [0.15, 0.2) is 79.4 Å². The molecule has 158 valence electrons. The van der Waals surface area contributed by atoms with E-state index in [1.165, 1.54) is 6.33 Å². The molecule has 0 spiro atoms. The first-order valence-electron chi connectivity index (χ1n) is 9.76. The van der Waals surface area contributed by atoms with Crippen LogP contribution < -0.4 is 10.6 Å². The largest absolute Gasteiger partial charge is 0.324 e. The second kappa shape index (κ2) is 8.48. The first-order chi connectivity index (χ1) is 15.7. The summed E-state index contributed by atoms with van der Waals surface area (Å²) >= 11 is 5.90. The zero-order valence-corrected chi connectivity index (χ0v) is 17.4. The SMILES string of the molecule is O=C(Nc1ccc(Cl)cc1)Nc1ncnc2c1nc(-n1cccn1)n2Cc1ccccc1. The van der Waals surface area contributed by atoms with Gasteiger partial charge in [0.15, 0.2) is 17.0 Å². The predicted octanol–water partition coefficient (Wildman–Crippen LogP) is 4.36. The topological polar surface area (TPSA) is 103 Å². The molecule has 0 fully saturated rings. The number of imidazole rings is 1. The van der Waals surface area contributed by atoms with E-state index in [4.69, 9.17) is 16.6 Å². The van der Waals surface area contributed by atoms with E-state index in [0.29, 0.717) is 40.2 Å². The fourth-order valence-electron chi connectivity index (χ4n) is 3.29. The maximum atomic E-state index is 12.6. The molecule has 0 saturated carbocycles. The number of halogens is 1. The number of nitrogens with zero attached hydrogens (tertiary/aromatic N) is 6. The summed E-state index contributed by atoms with van der Waals surface area (Å²) in [6.45, 7) is 0.528. The minimum Gasteiger partial charge on any atom is -0.308 e. The third-order valence-electron chi connectivity index (χ3n) is 4.74. The molecule has 0 aliphatic heterocycles. The summed E-state index contributed by atoms with van der Waals surface area (Å²) in [5.41, 5.74) is 2.72. The third-order valence-corrected chi connectivity index (χ3v) is 4.99. The Hall–Kier alpha value is -4.24. The van der Waals surface area contributed by atoms with Crippen LogP contribution in [0.3, 0.4) is 0 Å². The third kappa shape index (κ3) is 4.01. The van der Waals surface area contributed by atoms with Crippen molar-refractivity contribution in [3.8, 4) is 5.95 Å². The van der Waals surface area contributed by atoms with Gasteiger partial charge in [0.2, 0.25) is 5.95 Å². The van der Waals surface area contributed by atoms with Gasteiger partial charge >= 0.3 is 6.03 Å². The second-order valence-corrected chi connectivity index (χ2v) is 7.35. The van der Waals surface area contributed by atoms with Gasteiger partial charge in [-0.3, -0.25) is 9.88 Å². The van der Waals surface area contributed by atoms with Crippen LogP contribution >= 0.6 is 11.6 Å². The average molecular weight is 445 g/mol. The molecule has 2 aromatic carbocycles. The number of carbonyl (C=O) groups excluding carboxylic acids is 1. The van der Waals surface area contributed by atoms with Crippen LogP contribution in [0.25, 0.3) is 17.1 Å². The van der Waals surface area contributed by atoms with Gasteiger partial charge in [0.05, 0.1) is 6.54 Å². The molecule has 2 N–H and O–H groups in total. The van der Waals surface area contributed by atoms with E-state index in [9.17, 15) is 4.79 Å². The van der Waals surface area contributed by atoms with Crippen LogP contribution in [0.4, 0.5) is 16.3 Å². The molecule has 0 aliphatic carbocycles. The number of benzene rings is 2. The Kier molecular flexibility index (Phi) is 5.22. The summed E-state index contributed by atoms with van der Waals surface area (Å²) in [7, 11) is 0. The Balaban J connectivity index is 1.51. The number of carbonyl (C=O) groups is 1. The highest BCUT2D eigenvalue weighted by Crippen LogP contribution is 2.23. The minimum absolute atomic E-state index is 0.293. The second-order valence-electron chi connectivity index (χ2n) is 6.91. The average Bonchev–Trinajstić information content (AvgIpc) is 3.45. The van der Waals surface area contributed by atoms with E-state index in [1.807, 2.05) is 41.0 Å². The smallest absolute Gasteiger partial charge is 0.308 e. The maximum absolute atomic E-state index is 12.6. The van der Waals surface area contributed by atoms with E-state index in [2.05, 4.69) is 25.7 Å². The Morgan fingerprint density at radius 2 is 1.78 bits per heavy atom. The molecule has 0 aliphatic rings. The fourth-order valence-corrected chi connectivity index (χ4v) is 3.42. The van der Waals surface area contributed by atoms with Gasteiger partial charge < -0.3 is 5.32 Å². The Morgan fingerprint density at radius 3 is 2.53 bits per heavy atom. The first kappa shape index (κ1) is 19.7. The van der Waals surface area contributed by atoms with Crippen LogP contribution in [0.5, 0.6) is 0 Å².